The minimum absolute atomic E-state index is 0.00453. The first-order valence-corrected chi connectivity index (χ1v) is 10.9. The van der Waals surface area contributed by atoms with Crippen molar-refractivity contribution < 1.29 is 9.72 Å². The van der Waals surface area contributed by atoms with Gasteiger partial charge in [0, 0.05) is 25.2 Å². The van der Waals surface area contributed by atoms with Crippen molar-refractivity contribution in [3.05, 3.63) is 33.9 Å². The normalized spacial score (nSPS) is 16.7. The smallest absolute Gasteiger partial charge is 0.274 e. The highest BCUT2D eigenvalue weighted by Crippen LogP contribution is 2.41. The highest BCUT2D eigenvalue weighted by Gasteiger charge is 2.32. The molecule has 154 valence electrons. The summed E-state index contributed by atoms with van der Waals surface area (Å²) in [5, 5.41) is 23.4. The molecule has 9 nitrogen and oxygen atoms in total. The molecule has 0 bridgehead atoms. The van der Waals surface area contributed by atoms with Crippen LogP contribution in [0.25, 0.3) is 0 Å². The summed E-state index contributed by atoms with van der Waals surface area (Å²) in [7, 11) is 0. The van der Waals surface area contributed by atoms with Crippen LogP contribution in [0.4, 0.5) is 17.3 Å². The number of nitrogens with one attached hydrogen (secondary N) is 1. The fourth-order valence-corrected chi connectivity index (χ4v) is 4.40. The number of rotatable bonds is 7. The molecule has 1 aliphatic heterocycles. The van der Waals surface area contributed by atoms with E-state index >= 15 is 0 Å². The Bertz CT molecular complexity index is 921. The molecule has 1 saturated heterocycles. The fraction of sp³-hybridized carbons (Fsp3) is 0.526. The summed E-state index contributed by atoms with van der Waals surface area (Å²) < 4.78 is 2.18. The average Bonchev–Trinajstić information content (AvgIpc) is 3.47. The second-order valence-corrected chi connectivity index (χ2v) is 8.42. The van der Waals surface area contributed by atoms with Gasteiger partial charge in [-0.1, -0.05) is 17.8 Å². The largest absolute Gasteiger partial charge is 0.341 e. The van der Waals surface area contributed by atoms with Crippen LogP contribution >= 0.6 is 11.8 Å². The maximum atomic E-state index is 12.5. The summed E-state index contributed by atoms with van der Waals surface area (Å²) in [6.07, 6.45) is 5.83. The van der Waals surface area contributed by atoms with Crippen LogP contribution in [0.5, 0.6) is 0 Å². The number of benzene rings is 1. The maximum Gasteiger partial charge on any atom is 0.274 e. The van der Waals surface area contributed by atoms with Gasteiger partial charge in [-0.15, -0.1) is 10.2 Å². The van der Waals surface area contributed by atoms with E-state index in [9.17, 15) is 14.9 Å². The van der Waals surface area contributed by atoms with Gasteiger partial charge >= 0.3 is 0 Å². The number of nitrogens with zero attached hydrogens (tertiary/aromatic N) is 5. The highest BCUT2D eigenvalue weighted by atomic mass is 32.2. The zero-order valence-corrected chi connectivity index (χ0v) is 17.2. The number of hydrogen-bond acceptors (Lipinski definition) is 7. The first-order chi connectivity index (χ1) is 14.0. The molecule has 4 rings (SSSR count). The van der Waals surface area contributed by atoms with Crippen molar-refractivity contribution in [3.8, 4) is 0 Å². The number of amides is 1. The van der Waals surface area contributed by atoms with Crippen LogP contribution in [0.15, 0.2) is 23.4 Å². The van der Waals surface area contributed by atoms with Crippen molar-refractivity contribution in [1.82, 2.24) is 14.8 Å². The van der Waals surface area contributed by atoms with E-state index in [0.29, 0.717) is 17.3 Å². The molecule has 0 atom stereocenters. The number of carbonyl (C=O) groups is 1. The van der Waals surface area contributed by atoms with Gasteiger partial charge in [0.25, 0.3) is 5.69 Å². The number of nitro groups is 1. The summed E-state index contributed by atoms with van der Waals surface area (Å²) in [5.74, 6) is 0.876. The molecule has 0 radical (unpaired) electrons. The van der Waals surface area contributed by atoms with Gasteiger partial charge in [0.1, 0.15) is 0 Å². The van der Waals surface area contributed by atoms with E-state index in [0.717, 1.165) is 37.0 Å². The van der Waals surface area contributed by atoms with E-state index in [-0.39, 0.29) is 17.3 Å². The molecule has 29 heavy (non-hydrogen) atoms. The van der Waals surface area contributed by atoms with Crippen LogP contribution in [0.1, 0.15) is 43.7 Å². The van der Waals surface area contributed by atoms with Gasteiger partial charge in [0.05, 0.1) is 21.9 Å². The molecule has 0 unspecified atom stereocenters. The first-order valence-electron chi connectivity index (χ1n) is 9.91. The van der Waals surface area contributed by atoms with Crippen molar-refractivity contribution in [3.63, 3.8) is 0 Å². The molecule has 1 aromatic carbocycles. The first kappa shape index (κ1) is 19.7. The monoisotopic (exact) mass is 416 g/mol. The van der Waals surface area contributed by atoms with Gasteiger partial charge in [0.15, 0.2) is 5.16 Å². The van der Waals surface area contributed by atoms with Gasteiger partial charge in [-0.25, -0.2) is 0 Å². The Morgan fingerprint density at radius 1 is 1.28 bits per heavy atom. The van der Waals surface area contributed by atoms with Gasteiger partial charge in [-0.05, 0) is 45.1 Å². The predicted molar refractivity (Wildman–Crippen MR) is 112 cm³/mol. The second kappa shape index (κ2) is 8.40. The average molecular weight is 417 g/mol. The van der Waals surface area contributed by atoms with Crippen molar-refractivity contribution in [2.24, 2.45) is 0 Å². The van der Waals surface area contributed by atoms with E-state index in [4.69, 9.17) is 0 Å². The minimum Gasteiger partial charge on any atom is -0.341 e. The molecular formula is C19H24N6O3S. The summed E-state index contributed by atoms with van der Waals surface area (Å²) in [5.41, 5.74) is 0.905. The number of hydrogen-bond donors (Lipinski definition) is 1. The van der Waals surface area contributed by atoms with Gasteiger partial charge in [0.2, 0.25) is 11.9 Å². The predicted octanol–water partition coefficient (Wildman–Crippen LogP) is 3.55. The Hall–Kier alpha value is -2.62. The third-order valence-electron chi connectivity index (χ3n) is 5.31. The molecule has 2 heterocycles. The summed E-state index contributed by atoms with van der Waals surface area (Å²) in [6, 6.07) is 5.10. The summed E-state index contributed by atoms with van der Waals surface area (Å²) in [6.45, 7) is 3.64. The molecule has 1 aliphatic carbocycles. The topological polar surface area (TPSA) is 106 Å². The molecule has 1 aromatic heterocycles. The number of thioether (sulfide) groups is 1. The van der Waals surface area contributed by atoms with Crippen LogP contribution in [0.3, 0.4) is 0 Å². The SMILES string of the molecule is Cc1c(NC(=O)CSc2nnc(N3CCCCC3)n2C2CC2)cccc1[N+](=O)[O-]. The van der Waals surface area contributed by atoms with Crippen LogP contribution in [-0.4, -0.2) is 44.4 Å². The van der Waals surface area contributed by atoms with Crippen LogP contribution in [0, 0.1) is 17.0 Å². The number of nitro benzene ring substituents is 1. The lowest BCUT2D eigenvalue weighted by atomic mass is 10.1. The molecule has 0 spiro atoms. The Balaban J connectivity index is 1.43. The van der Waals surface area contributed by atoms with Crippen LogP contribution in [0.2, 0.25) is 0 Å². The number of piperidine rings is 1. The van der Waals surface area contributed by atoms with Crippen molar-refractivity contribution in [1.29, 1.82) is 0 Å². The maximum absolute atomic E-state index is 12.5. The Kier molecular flexibility index (Phi) is 5.70. The highest BCUT2D eigenvalue weighted by molar-refractivity contribution is 7.99. The quantitative estimate of drug-likeness (QED) is 0.418. The second-order valence-electron chi connectivity index (χ2n) is 7.48. The van der Waals surface area contributed by atoms with E-state index < -0.39 is 4.92 Å². The molecular weight excluding hydrogens is 392 g/mol. The molecule has 1 saturated carbocycles. The standard InChI is InChI=1S/C19H24N6O3S/c1-13-15(6-5-7-16(13)25(27)28)20-17(26)12-29-19-22-21-18(24(19)14-8-9-14)23-10-3-2-4-11-23/h5-7,14H,2-4,8-12H2,1H3,(H,20,26). The van der Waals surface area contributed by atoms with Crippen LogP contribution in [-0.2, 0) is 4.79 Å². The number of carbonyl (C=O) groups excluding carboxylic acids is 1. The fourth-order valence-electron chi connectivity index (χ4n) is 3.60. The minimum atomic E-state index is -0.444. The number of anilines is 2. The van der Waals surface area contributed by atoms with E-state index in [2.05, 4.69) is 25.0 Å². The lowest BCUT2D eigenvalue weighted by molar-refractivity contribution is -0.385. The van der Waals surface area contributed by atoms with Gasteiger partial charge in [-0.2, -0.15) is 0 Å². The molecule has 2 aromatic rings. The van der Waals surface area contributed by atoms with Crippen molar-refractivity contribution in [2.45, 2.75) is 50.2 Å². The van der Waals surface area contributed by atoms with Gasteiger partial charge in [-0.3, -0.25) is 19.5 Å². The molecule has 2 aliphatic rings. The Labute approximate surface area is 173 Å². The molecule has 10 heteroatoms. The lowest BCUT2D eigenvalue weighted by Crippen LogP contribution is -2.32. The summed E-state index contributed by atoms with van der Waals surface area (Å²) in [4.78, 5) is 25.4. The Morgan fingerprint density at radius 2 is 2.03 bits per heavy atom. The van der Waals surface area contributed by atoms with Crippen molar-refractivity contribution in [2.75, 3.05) is 29.1 Å². The Morgan fingerprint density at radius 3 is 2.72 bits per heavy atom. The zero-order chi connectivity index (χ0) is 20.4. The third-order valence-corrected chi connectivity index (χ3v) is 6.25. The molecule has 2 fully saturated rings. The van der Waals surface area contributed by atoms with E-state index in [1.807, 2.05) is 0 Å². The van der Waals surface area contributed by atoms with Crippen molar-refractivity contribution >= 4 is 35.0 Å². The summed E-state index contributed by atoms with van der Waals surface area (Å²) >= 11 is 1.36. The van der Waals surface area contributed by atoms with Gasteiger partial charge < -0.3 is 10.2 Å². The van der Waals surface area contributed by atoms with E-state index in [1.54, 1.807) is 19.1 Å². The molecule has 1 amide bonds. The number of aromatic nitrogens is 3. The lowest BCUT2D eigenvalue weighted by Gasteiger charge is -2.27. The van der Waals surface area contributed by atoms with E-state index in [1.165, 1.54) is 37.1 Å². The molecule has 1 N–H and O–H groups in total. The zero-order valence-electron chi connectivity index (χ0n) is 16.3. The van der Waals surface area contributed by atoms with Crippen LogP contribution < -0.4 is 10.2 Å². The third kappa shape index (κ3) is 4.36.